The lowest BCUT2D eigenvalue weighted by molar-refractivity contribution is -0.134. The number of benzene rings is 1. The van der Waals surface area contributed by atoms with Gasteiger partial charge >= 0.3 is 0 Å². The van der Waals surface area contributed by atoms with Gasteiger partial charge in [0.25, 0.3) is 0 Å². The fourth-order valence-corrected chi connectivity index (χ4v) is 5.90. The van der Waals surface area contributed by atoms with E-state index in [1.165, 1.54) is 11.8 Å². The van der Waals surface area contributed by atoms with E-state index in [4.69, 9.17) is 29.7 Å². The number of methoxy groups -OCH3 is 1. The van der Waals surface area contributed by atoms with Crippen molar-refractivity contribution >= 4 is 56.2 Å². The normalized spacial score (nSPS) is 13.9. The van der Waals surface area contributed by atoms with Gasteiger partial charge in [0.05, 0.1) is 58.2 Å². The third-order valence-corrected chi connectivity index (χ3v) is 9.14. The second-order valence-electron chi connectivity index (χ2n) is 11.8. The minimum atomic E-state index is -0.00572. The van der Waals surface area contributed by atoms with Crippen molar-refractivity contribution in [2.45, 2.75) is 39.0 Å². The molecule has 3 aromatic rings. The van der Waals surface area contributed by atoms with E-state index < -0.39 is 0 Å². The van der Waals surface area contributed by atoms with Crippen molar-refractivity contribution < 1.29 is 28.5 Å². The summed E-state index contributed by atoms with van der Waals surface area (Å²) in [7, 11) is 1.62. The Morgan fingerprint density at radius 2 is 1.69 bits per heavy atom. The zero-order chi connectivity index (χ0) is 34.1. The highest BCUT2D eigenvalue weighted by Gasteiger charge is 2.19. The topological polar surface area (TPSA) is 148 Å². The second-order valence-corrected chi connectivity index (χ2v) is 12.7. The number of ether oxygens (including phenoxy) is 4. The van der Waals surface area contributed by atoms with Crippen LogP contribution in [0.3, 0.4) is 0 Å². The first-order chi connectivity index (χ1) is 23.4. The van der Waals surface area contributed by atoms with Gasteiger partial charge in [0, 0.05) is 76.8 Å². The van der Waals surface area contributed by atoms with Gasteiger partial charge in [0.2, 0.25) is 5.91 Å². The van der Waals surface area contributed by atoms with E-state index in [1.54, 1.807) is 18.3 Å². The van der Waals surface area contributed by atoms with Gasteiger partial charge in [0.15, 0.2) is 5.12 Å². The number of pyridine rings is 1. The molecular formula is C34H53N7O6S. The third-order valence-electron chi connectivity index (χ3n) is 8.48. The average molecular weight is 688 g/mol. The van der Waals surface area contributed by atoms with Crippen LogP contribution >= 0.6 is 11.8 Å². The van der Waals surface area contributed by atoms with Crippen LogP contribution in [0.1, 0.15) is 38.4 Å². The monoisotopic (exact) mass is 687 g/mol. The van der Waals surface area contributed by atoms with Gasteiger partial charge in [-0.1, -0.05) is 25.1 Å². The summed E-state index contributed by atoms with van der Waals surface area (Å²) in [4.78, 5) is 43.9. The Bertz CT molecular complexity index is 1430. The van der Waals surface area contributed by atoms with Gasteiger partial charge in [-0.05, 0) is 30.9 Å². The zero-order valence-corrected chi connectivity index (χ0v) is 29.7. The summed E-state index contributed by atoms with van der Waals surface area (Å²) in [5, 5.41) is 1.12. The second kappa shape index (κ2) is 20.5. The summed E-state index contributed by atoms with van der Waals surface area (Å²) in [6.07, 6.45) is 5.50. The molecular weight excluding hydrogens is 634 g/mol. The van der Waals surface area contributed by atoms with Crippen LogP contribution in [0.2, 0.25) is 0 Å². The molecule has 3 N–H and O–H groups in total. The molecule has 48 heavy (non-hydrogen) atoms. The van der Waals surface area contributed by atoms with Crippen molar-refractivity contribution in [2.75, 3.05) is 116 Å². The smallest absolute Gasteiger partial charge is 0.225 e. The Kier molecular flexibility index (Phi) is 16.1. The molecule has 13 nitrogen and oxygen atoms in total. The van der Waals surface area contributed by atoms with Crippen molar-refractivity contribution in [1.82, 2.24) is 24.8 Å². The Morgan fingerprint density at radius 1 is 0.958 bits per heavy atom. The highest BCUT2D eigenvalue weighted by molar-refractivity contribution is 8.13. The molecule has 0 aliphatic carbocycles. The van der Waals surface area contributed by atoms with Crippen LogP contribution in [0, 0.1) is 0 Å². The molecule has 0 saturated carbocycles. The summed E-state index contributed by atoms with van der Waals surface area (Å²) in [5.41, 5.74) is 10.0. The molecule has 0 atom stereocenters. The van der Waals surface area contributed by atoms with Gasteiger partial charge in [-0.15, -0.1) is 0 Å². The molecule has 0 unspecified atom stereocenters. The van der Waals surface area contributed by atoms with Crippen LogP contribution in [0.25, 0.3) is 21.9 Å². The van der Waals surface area contributed by atoms with Crippen molar-refractivity contribution in [3.63, 3.8) is 0 Å². The molecule has 1 amide bonds. The van der Waals surface area contributed by atoms with Crippen molar-refractivity contribution in [2.24, 2.45) is 0 Å². The molecule has 0 radical (unpaired) electrons. The molecule has 1 aliphatic rings. The Hall–Kier alpha value is -3.01. The number of aromatic amines is 1. The van der Waals surface area contributed by atoms with Gasteiger partial charge in [0.1, 0.15) is 22.7 Å². The van der Waals surface area contributed by atoms with Crippen LogP contribution in [0.4, 0.5) is 11.5 Å². The van der Waals surface area contributed by atoms with E-state index in [0.29, 0.717) is 71.6 Å². The lowest BCUT2D eigenvalue weighted by atomic mass is 10.1. The first kappa shape index (κ1) is 37.8. The van der Waals surface area contributed by atoms with Crippen molar-refractivity contribution in [1.29, 1.82) is 0 Å². The number of thioether (sulfide) groups is 1. The third kappa shape index (κ3) is 11.6. The number of nitrogens with two attached hydrogens (primary N) is 1. The first-order valence-electron chi connectivity index (χ1n) is 17.0. The van der Waals surface area contributed by atoms with Crippen LogP contribution in [0.5, 0.6) is 0 Å². The number of hydrogen-bond acceptors (Lipinski definition) is 12. The van der Waals surface area contributed by atoms with Gasteiger partial charge in [-0.25, -0.2) is 9.97 Å². The number of rotatable bonds is 22. The number of anilines is 2. The number of nitrogen functional groups attached to an aromatic ring is 1. The van der Waals surface area contributed by atoms with Crippen LogP contribution in [-0.4, -0.2) is 141 Å². The minimum Gasteiger partial charge on any atom is -0.382 e. The summed E-state index contributed by atoms with van der Waals surface area (Å²) >= 11 is 1.20. The molecule has 2 aromatic heterocycles. The lowest BCUT2D eigenvalue weighted by Crippen LogP contribution is -2.47. The van der Waals surface area contributed by atoms with E-state index in [1.807, 2.05) is 6.07 Å². The van der Waals surface area contributed by atoms with E-state index in [0.717, 1.165) is 85.4 Å². The van der Waals surface area contributed by atoms with Gasteiger partial charge in [-0.3, -0.25) is 14.5 Å². The first-order valence-corrected chi connectivity index (χ1v) is 18.3. The molecule has 266 valence electrons. The SMILES string of the molecule is CCCCc1nc2c([nH]1)c(N)nc1ccc(N3CCN(CCOCCN(CCOCCC(=O)SC)C(=O)CCOCCOC)CC3)cc12. The minimum absolute atomic E-state index is 0.00572. The number of fused-ring (bicyclic) bond motifs is 3. The fourth-order valence-electron chi connectivity index (χ4n) is 5.62. The lowest BCUT2D eigenvalue weighted by Gasteiger charge is -2.36. The largest absolute Gasteiger partial charge is 0.382 e. The molecule has 14 heteroatoms. The standard InChI is InChI=1S/C34H53N7O6S/c1-4-5-6-29-37-32-27-25-26(7-8-28(27)36-34(35)33(32)38-29)40-13-11-39(12-14-40)15-20-47-22-17-41(16-21-45-19-10-31(43)48-3)30(42)9-18-46-24-23-44-2/h7-8,25H,4-6,9-24H2,1-3H3,(H2,35,36)(H,37,38). The molecule has 1 saturated heterocycles. The molecule has 0 spiro atoms. The number of nitrogens with zero attached hydrogens (tertiary/aromatic N) is 5. The predicted octanol–water partition coefficient (Wildman–Crippen LogP) is 3.35. The number of carbonyl (C=O) groups excluding carboxylic acids is 2. The average Bonchev–Trinajstić information content (AvgIpc) is 3.55. The molecule has 0 bridgehead atoms. The maximum Gasteiger partial charge on any atom is 0.225 e. The highest BCUT2D eigenvalue weighted by Crippen LogP contribution is 2.30. The van der Waals surface area contributed by atoms with Crippen LogP contribution in [0.15, 0.2) is 18.2 Å². The van der Waals surface area contributed by atoms with Gasteiger partial charge in [-0.2, -0.15) is 0 Å². The number of carbonyl (C=O) groups is 2. The Morgan fingerprint density at radius 3 is 2.42 bits per heavy atom. The number of piperazine rings is 1. The quantitative estimate of drug-likeness (QED) is 0.149. The summed E-state index contributed by atoms with van der Waals surface area (Å²) in [6.45, 7) is 10.7. The highest BCUT2D eigenvalue weighted by atomic mass is 32.2. The molecule has 3 heterocycles. The number of hydrogen-bond donors (Lipinski definition) is 2. The van der Waals surface area contributed by atoms with E-state index in [9.17, 15) is 9.59 Å². The molecule has 1 fully saturated rings. The van der Waals surface area contributed by atoms with Crippen molar-refractivity contribution in [3.8, 4) is 0 Å². The van der Waals surface area contributed by atoms with Crippen LogP contribution < -0.4 is 10.6 Å². The Balaban J connectivity index is 1.20. The molecule has 1 aliphatic heterocycles. The van der Waals surface area contributed by atoms with Crippen LogP contribution in [-0.2, 0) is 35.0 Å². The summed E-state index contributed by atoms with van der Waals surface area (Å²) < 4.78 is 22.1. The predicted molar refractivity (Wildman–Crippen MR) is 192 cm³/mol. The molecule has 1 aromatic carbocycles. The molecule has 4 rings (SSSR count). The number of unbranched alkanes of at least 4 members (excludes halogenated alkanes) is 1. The summed E-state index contributed by atoms with van der Waals surface area (Å²) in [5.74, 6) is 1.44. The Labute approximate surface area is 288 Å². The zero-order valence-electron chi connectivity index (χ0n) is 28.8. The van der Waals surface area contributed by atoms with E-state index in [2.05, 4.69) is 38.8 Å². The fraction of sp³-hybridized carbons (Fsp3) is 0.647. The maximum absolute atomic E-state index is 12.9. The van der Waals surface area contributed by atoms with Gasteiger partial charge < -0.3 is 39.5 Å². The maximum atomic E-state index is 12.9. The number of aryl methyl sites for hydroxylation is 1. The number of aromatic nitrogens is 3. The number of nitrogens with one attached hydrogen (secondary N) is 1. The van der Waals surface area contributed by atoms with E-state index in [-0.39, 0.29) is 17.4 Å². The van der Waals surface area contributed by atoms with Crippen molar-refractivity contribution in [3.05, 3.63) is 24.0 Å². The number of H-pyrrole nitrogens is 1. The summed E-state index contributed by atoms with van der Waals surface area (Å²) in [6, 6.07) is 6.36. The number of amides is 1. The number of imidazole rings is 1. The van der Waals surface area contributed by atoms with E-state index >= 15 is 0 Å².